The van der Waals surface area contributed by atoms with Gasteiger partial charge in [0.05, 0.1) is 6.20 Å². The van der Waals surface area contributed by atoms with Gasteiger partial charge in [0.15, 0.2) is 6.61 Å². The number of rotatable bonds is 4. The van der Waals surface area contributed by atoms with Gasteiger partial charge in [0.2, 0.25) is 5.88 Å². The molecule has 1 N–H and O–H groups in total. The number of halogens is 3. The normalized spacial score (nSPS) is 19.8. The molecule has 1 fully saturated rings. The summed E-state index contributed by atoms with van der Waals surface area (Å²) >= 11 is 0. The molecule has 0 radical (unpaired) electrons. The number of aromatic nitrogens is 1. The van der Waals surface area contributed by atoms with Crippen molar-refractivity contribution in [1.29, 1.82) is 0 Å². The van der Waals surface area contributed by atoms with E-state index in [1.807, 2.05) is 0 Å². The van der Waals surface area contributed by atoms with Crippen molar-refractivity contribution in [3.8, 4) is 11.6 Å². The van der Waals surface area contributed by atoms with E-state index in [1.54, 1.807) is 6.07 Å². The molecule has 2 rings (SSSR count). The number of ether oxygens (including phenoxy) is 2. The van der Waals surface area contributed by atoms with Gasteiger partial charge in [-0.1, -0.05) is 0 Å². The zero-order valence-corrected chi connectivity index (χ0v) is 9.54. The van der Waals surface area contributed by atoms with Gasteiger partial charge in [-0.2, -0.15) is 13.2 Å². The second-order valence-electron chi connectivity index (χ2n) is 3.97. The van der Waals surface area contributed by atoms with Crippen LogP contribution in [0.4, 0.5) is 13.2 Å². The second-order valence-corrected chi connectivity index (χ2v) is 3.97. The highest BCUT2D eigenvalue weighted by Crippen LogP contribution is 2.20. The van der Waals surface area contributed by atoms with Crippen LogP contribution >= 0.6 is 0 Å². The Kier molecular flexibility index (Phi) is 3.90. The Morgan fingerprint density at radius 2 is 2.22 bits per heavy atom. The molecule has 1 saturated heterocycles. The Labute approximate surface area is 102 Å². The topological polar surface area (TPSA) is 43.4 Å². The zero-order chi connectivity index (χ0) is 13.0. The molecule has 0 amide bonds. The van der Waals surface area contributed by atoms with Crippen molar-refractivity contribution >= 4 is 0 Å². The number of alkyl halides is 3. The van der Waals surface area contributed by atoms with Crippen LogP contribution < -0.4 is 14.8 Å². The molecule has 0 saturated carbocycles. The fourth-order valence-corrected chi connectivity index (χ4v) is 1.60. The number of hydrogen-bond acceptors (Lipinski definition) is 4. The molecule has 0 spiro atoms. The van der Waals surface area contributed by atoms with Crippen LogP contribution in [0.2, 0.25) is 0 Å². The number of hydrogen-bond donors (Lipinski definition) is 1. The van der Waals surface area contributed by atoms with Crippen molar-refractivity contribution in [2.75, 3.05) is 19.7 Å². The SMILES string of the molecule is FC(F)(F)COc1ccc(O[C@@H]2CCNC2)cn1. The minimum atomic E-state index is -4.35. The van der Waals surface area contributed by atoms with Gasteiger partial charge in [0.1, 0.15) is 11.9 Å². The molecule has 7 heteroatoms. The van der Waals surface area contributed by atoms with E-state index in [-0.39, 0.29) is 12.0 Å². The van der Waals surface area contributed by atoms with E-state index in [9.17, 15) is 13.2 Å². The highest BCUT2D eigenvalue weighted by Gasteiger charge is 2.28. The largest absolute Gasteiger partial charge is 0.487 e. The average Bonchev–Trinajstić information content (AvgIpc) is 2.80. The Morgan fingerprint density at radius 1 is 1.39 bits per heavy atom. The van der Waals surface area contributed by atoms with Gasteiger partial charge >= 0.3 is 6.18 Å². The molecule has 18 heavy (non-hydrogen) atoms. The molecule has 4 nitrogen and oxygen atoms in total. The molecule has 0 bridgehead atoms. The van der Waals surface area contributed by atoms with E-state index >= 15 is 0 Å². The van der Waals surface area contributed by atoms with E-state index in [1.165, 1.54) is 12.3 Å². The van der Waals surface area contributed by atoms with Gasteiger partial charge in [-0.3, -0.25) is 0 Å². The molecular weight excluding hydrogens is 249 g/mol. The van der Waals surface area contributed by atoms with Crippen LogP contribution in [0.3, 0.4) is 0 Å². The Hall–Kier alpha value is -1.50. The summed E-state index contributed by atoms with van der Waals surface area (Å²) in [6.07, 6.45) is -1.99. The van der Waals surface area contributed by atoms with E-state index in [2.05, 4.69) is 15.0 Å². The third-order valence-corrected chi connectivity index (χ3v) is 2.41. The van der Waals surface area contributed by atoms with Crippen LogP contribution in [0.1, 0.15) is 6.42 Å². The third kappa shape index (κ3) is 4.06. The molecule has 0 aliphatic carbocycles. The van der Waals surface area contributed by atoms with Crippen molar-refractivity contribution in [3.63, 3.8) is 0 Å². The van der Waals surface area contributed by atoms with E-state index in [0.717, 1.165) is 19.5 Å². The predicted molar refractivity (Wildman–Crippen MR) is 57.7 cm³/mol. The lowest BCUT2D eigenvalue weighted by Gasteiger charge is -2.12. The first-order valence-corrected chi connectivity index (χ1v) is 5.56. The average molecular weight is 262 g/mol. The maximum atomic E-state index is 11.9. The van der Waals surface area contributed by atoms with Crippen LogP contribution in [0.25, 0.3) is 0 Å². The number of pyridine rings is 1. The smallest absolute Gasteiger partial charge is 0.422 e. The summed E-state index contributed by atoms with van der Waals surface area (Å²) in [5, 5.41) is 3.15. The molecular formula is C11H13F3N2O2. The molecule has 1 atom stereocenters. The van der Waals surface area contributed by atoms with Crippen molar-refractivity contribution < 1.29 is 22.6 Å². The van der Waals surface area contributed by atoms with Crippen LogP contribution in [0.5, 0.6) is 11.6 Å². The minimum Gasteiger partial charge on any atom is -0.487 e. The van der Waals surface area contributed by atoms with Gasteiger partial charge in [-0.15, -0.1) is 0 Å². The molecule has 0 unspecified atom stereocenters. The fourth-order valence-electron chi connectivity index (χ4n) is 1.60. The quantitative estimate of drug-likeness (QED) is 0.898. The van der Waals surface area contributed by atoms with E-state index in [0.29, 0.717) is 5.75 Å². The first-order chi connectivity index (χ1) is 8.53. The first-order valence-electron chi connectivity index (χ1n) is 5.56. The summed E-state index contributed by atoms with van der Waals surface area (Å²) < 4.78 is 45.8. The minimum absolute atomic E-state index is 0.0655. The summed E-state index contributed by atoms with van der Waals surface area (Å²) in [4.78, 5) is 3.76. The number of nitrogens with zero attached hydrogens (tertiary/aromatic N) is 1. The maximum Gasteiger partial charge on any atom is 0.422 e. The van der Waals surface area contributed by atoms with E-state index in [4.69, 9.17) is 4.74 Å². The monoisotopic (exact) mass is 262 g/mol. The summed E-state index contributed by atoms with van der Waals surface area (Å²) in [7, 11) is 0. The summed E-state index contributed by atoms with van der Waals surface area (Å²) in [5.74, 6) is 0.465. The highest BCUT2D eigenvalue weighted by atomic mass is 19.4. The van der Waals surface area contributed by atoms with Crippen LogP contribution in [0, 0.1) is 0 Å². The predicted octanol–water partition coefficient (Wildman–Crippen LogP) is 1.76. The van der Waals surface area contributed by atoms with Gasteiger partial charge in [-0.05, 0) is 19.0 Å². The Morgan fingerprint density at radius 3 is 2.78 bits per heavy atom. The standard InChI is InChI=1S/C11H13F3N2O2/c12-11(13,14)7-17-10-2-1-8(6-16-10)18-9-3-4-15-5-9/h1-2,6,9,15H,3-5,7H2/t9-/m1/s1. The van der Waals surface area contributed by atoms with Crippen molar-refractivity contribution in [2.45, 2.75) is 18.7 Å². The molecule has 2 heterocycles. The van der Waals surface area contributed by atoms with Gasteiger partial charge in [-0.25, -0.2) is 4.98 Å². The molecule has 1 aliphatic rings. The van der Waals surface area contributed by atoms with Crippen LogP contribution in [0.15, 0.2) is 18.3 Å². The fraction of sp³-hybridized carbons (Fsp3) is 0.545. The lowest BCUT2D eigenvalue weighted by molar-refractivity contribution is -0.154. The molecule has 100 valence electrons. The van der Waals surface area contributed by atoms with Gasteiger partial charge in [0.25, 0.3) is 0 Å². The van der Waals surface area contributed by atoms with Crippen molar-refractivity contribution in [2.24, 2.45) is 0 Å². The summed E-state index contributed by atoms with van der Waals surface area (Å²) in [6, 6.07) is 2.92. The molecule has 1 aliphatic heterocycles. The molecule has 0 aromatic carbocycles. The highest BCUT2D eigenvalue weighted by molar-refractivity contribution is 5.23. The Bertz CT molecular complexity index is 375. The van der Waals surface area contributed by atoms with E-state index < -0.39 is 12.8 Å². The molecule has 1 aromatic rings. The van der Waals surface area contributed by atoms with Crippen molar-refractivity contribution in [3.05, 3.63) is 18.3 Å². The van der Waals surface area contributed by atoms with Crippen LogP contribution in [-0.4, -0.2) is 37.0 Å². The lowest BCUT2D eigenvalue weighted by atomic mass is 10.3. The first kappa shape index (κ1) is 12.9. The zero-order valence-electron chi connectivity index (χ0n) is 9.54. The Balaban J connectivity index is 1.85. The summed E-state index contributed by atoms with van der Waals surface area (Å²) in [5.41, 5.74) is 0. The van der Waals surface area contributed by atoms with Crippen molar-refractivity contribution in [1.82, 2.24) is 10.3 Å². The third-order valence-electron chi connectivity index (χ3n) is 2.41. The molecule has 1 aromatic heterocycles. The maximum absolute atomic E-state index is 11.9. The van der Waals surface area contributed by atoms with Crippen LogP contribution in [-0.2, 0) is 0 Å². The van der Waals surface area contributed by atoms with Gasteiger partial charge < -0.3 is 14.8 Å². The van der Waals surface area contributed by atoms with Gasteiger partial charge in [0, 0.05) is 12.6 Å². The lowest BCUT2D eigenvalue weighted by Crippen LogP contribution is -2.20. The second kappa shape index (κ2) is 5.43. The number of nitrogens with one attached hydrogen (secondary N) is 1. The summed E-state index contributed by atoms with van der Waals surface area (Å²) in [6.45, 7) is 0.337.